The van der Waals surface area contributed by atoms with E-state index in [1.54, 1.807) is 6.92 Å². The molecule has 0 saturated heterocycles. The highest BCUT2D eigenvalue weighted by molar-refractivity contribution is 7.89. The number of benzene rings is 1. The molecule has 0 atom stereocenters. The summed E-state index contributed by atoms with van der Waals surface area (Å²) in [6, 6.07) is 3.73. The Morgan fingerprint density at radius 3 is 2.67 bits per heavy atom. The average molecular weight is 376 g/mol. The summed E-state index contributed by atoms with van der Waals surface area (Å²) in [7, 11) is -1.62. The molecule has 24 heavy (non-hydrogen) atoms. The summed E-state index contributed by atoms with van der Waals surface area (Å²) in [6.45, 7) is 1.36. The SMILES string of the molecule is CON(C)S(=O)(=O)c1cc(C(=O)OCc2nnc(C)o2)ccc1Cl. The lowest BCUT2D eigenvalue weighted by Gasteiger charge is -2.15. The molecule has 0 spiro atoms. The largest absolute Gasteiger partial charge is 0.452 e. The Morgan fingerprint density at radius 2 is 2.08 bits per heavy atom. The predicted octanol–water partition coefficient (Wildman–Crippen LogP) is 1.57. The van der Waals surface area contributed by atoms with Crippen molar-refractivity contribution >= 4 is 27.6 Å². The Balaban J connectivity index is 2.22. The molecule has 1 aromatic carbocycles. The van der Waals surface area contributed by atoms with Crippen LogP contribution in [-0.4, -0.2) is 43.2 Å². The molecular weight excluding hydrogens is 362 g/mol. The summed E-state index contributed by atoms with van der Waals surface area (Å²) >= 11 is 5.92. The maximum atomic E-state index is 12.3. The van der Waals surface area contributed by atoms with Gasteiger partial charge in [0.1, 0.15) is 4.90 Å². The number of hydrogen-bond donors (Lipinski definition) is 0. The zero-order valence-electron chi connectivity index (χ0n) is 13.0. The van der Waals surface area contributed by atoms with E-state index in [0.717, 1.165) is 6.07 Å². The molecule has 0 aliphatic carbocycles. The van der Waals surface area contributed by atoms with Gasteiger partial charge in [-0.25, -0.2) is 13.2 Å². The van der Waals surface area contributed by atoms with Gasteiger partial charge in [0.15, 0.2) is 6.61 Å². The first-order valence-electron chi connectivity index (χ1n) is 6.54. The summed E-state index contributed by atoms with van der Waals surface area (Å²) in [4.78, 5) is 16.5. The maximum Gasteiger partial charge on any atom is 0.338 e. The van der Waals surface area contributed by atoms with E-state index in [0.29, 0.717) is 10.4 Å². The Bertz CT molecular complexity index is 851. The van der Waals surface area contributed by atoms with Gasteiger partial charge in [0.2, 0.25) is 5.89 Å². The molecule has 0 radical (unpaired) electrons. The molecular formula is C13H14ClN3O6S. The molecule has 9 nitrogen and oxygen atoms in total. The molecule has 0 amide bonds. The number of rotatable bonds is 6. The van der Waals surface area contributed by atoms with E-state index in [4.69, 9.17) is 20.8 Å². The van der Waals surface area contributed by atoms with E-state index >= 15 is 0 Å². The number of hydrogen-bond acceptors (Lipinski definition) is 8. The second kappa shape index (κ2) is 7.26. The summed E-state index contributed by atoms with van der Waals surface area (Å²) in [6.07, 6.45) is 0. The van der Waals surface area contributed by atoms with Gasteiger partial charge in [0, 0.05) is 14.0 Å². The number of halogens is 1. The second-order valence-corrected chi connectivity index (χ2v) is 6.84. The van der Waals surface area contributed by atoms with Crippen LogP contribution in [-0.2, 0) is 26.2 Å². The number of hydroxylamine groups is 1. The van der Waals surface area contributed by atoms with Gasteiger partial charge >= 0.3 is 5.97 Å². The van der Waals surface area contributed by atoms with Crippen LogP contribution >= 0.6 is 11.6 Å². The quantitative estimate of drug-likeness (QED) is 0.552. The molecule has 11 heteroatoms. The van der Waals surface area contributed by atoms with Gasteiger partial charge < -0.3 is 9.15 Å². The van der Waals surface area contributed by atoms with Crippen molar-refractivity contribution in [1.29, 1.82) is 0 Å². The number of esters is 1. The van der Waals surface area contributed by atoms with E-state index in [1.165, 1.54) is 26.3 Å². The summed E-state index contributed by atoms with van der Waals surface area (Å²) in [5.74, 6) is -0.302. The second-order valence-electron chi connectivity index (χ2n) is 4.53. The minimum absolute atomic E-state index is 0.00119. The van der Waals surface area contributed by atoms with Crippen LogP contribution < -0.4 is 0 Å². The standard InChI is InChI=1S/C13H14ClN3O6S/c1-8-15-16-12(23-8)7-22-13(18)9-4-5-10(14)11(6-9)24(19,20)17(2)21-3/h4-6H,7H2,1-3H3. The lowest BCUT2D eigenvalue weighted by Crippen LogP contribution is -2.26. The fourth-order valence-corrected chi connectivity index (χ4v) is 3.14. The number of sulfonamides is 1. The molecule has 0 aliphatic heterocycles. The fourth-order valence-electron chi connectivity index (χ4n) is 1.67. The maximum absolute atomic E-state index is 12.3. The zero-order valence-corrected chi connectivity index (χ0v) is 14.6. The van der Waals surface area contributed by atoms with Crippen molar-refractivity contribution in [2.75, 3.05) is 14.2 Å². The number of ether oxygens (including phenoxy) is 1. The highest BCUT2D eigenvalue weighted by atomic mass is 35.5. The van der Waals surface area contributed by atoms with Gasteiger partial charge in [-0.2, -0.15) is 0 Å². The third-order valence-electron chi connectivity index (χ3n) is 2.94. The molecule has 0 fully saturated rings. The van der Waals surface area contributed by atoms with Crippen LogP contribution in [0, 0.1) is 6.92 Å². The first-order valence-corrected chi connectivity index (χ1v) is 8.36. The number of aromatic nitrogens is 2. The monoisotopic (exact) mass is 375 g/mol. The van der Waals surface area contributed by atoms with Crippen LogP contribution in [0.3, 0.4) is 0 Å². The Hall–Kier alpha value is -2.01. The molecule has 0 N–H and O–H groups in total. The predicted molar refractivity (Wildman–Crippen MR) is 81.6 cm³/mol. The molecule has 0 unspecified atom stereocenters. The van der Waals surface area contributed by atoms with Gasteiger partial charge in [-0.05, 0) is 18.2 Å². The zero-order chi connectivity index (χ0) is 17.9. The topological polar surface area (TPSA) is 112 Å². The summed E-state index contributed by atoms with van der Waals surface area (Å²) in [5.41, 5.74) is -0.00119. The lowest BCUT2D eigenvalue weighted by molar-refractivity contribution is -0.0258. The Labute approximate surface area is 143 Å². The van der Waals surface area contributed by atoms with Crippen LogP contribution in [0.1, 0.15) is 22.1 Å². The van der Waals surface area contributed by atoms with Crippen LogP contribution in [0.25, 0.3) is 0 Å². The van der Waals surface area contributed by atoms with Crippen molar-refractivity contribution in [1.82, 2.24) is 14.7 Å². The third-order valence-corrected chi connectivity index (χ3v) is 5.10. The van der Waals surface area contributed by atoms with Crippen molar-refractivity contribution < 1.29 is 27.2 Å². The highest BCUT2D eigenvalue weighted by Crippen LogP contribution is 2.25. The first kappa shape index (κ1) is 18.3. The van der Waals surface area contributed by atoms with Gasteiger partial charge in [0.25, 0.3) is 15.9 Å². The highest BCUT2D eigenvalue weighted by Gasteiger charge is 2.25. The van der Waals surface area contributed by atoms with Gasteiger partial charge in [-0.1, -0.05) is 16.1 Å². The smallest absolute Gasteiger partial charge is 0.338 e. The lowest BCUT2D eigenvalue weighted by atomic mass is 10.2. The molecule has 130 valence electrons. The summed E-state index contributed by atoms with van der Waals surface area (Å²) in [5, 5.41) is 7.23. The molecule has 1 heterocycles. The van der Waals surface area contributed by atoms with Gasteiger partial charge in [-0.15, -0.1) is 10.2 Å². The molecule has 2 aromatic rings. The third kappa shape index (κ3) is 3.90. The van der Waals surface area contributed by atoms with Crippen molar-refractivity contribution in [2.24, 2.45) is 0 Å². The number of aryl methyl sites for hydroxylation is 1. The van der Waals surface area contributed by atoms with E-state index in [2.05, 4.69) is 15.0 Å². The number of carbonyl (C=O) groups excluding carboxylic acids is 1. The van der Waals surface area contributed by atoms with Gasteiger partial charge in [-0.3, -0.25) is 4.84 Å². The molecule has 2 rings (SSSR count). The van der Waals surface area contributed by atoms with Crippen LogP contribution in [0.4, 0.5) is 0 Å². The van der Waals surface area contributed by atoms with Crippen LogP contribution in [0.2, 0.25) is 5.02 Å². The Kier molecular flexibility index (Phi) is 5.54. The number of nitrogens with zero attached hydrogens (tertiary/aromatic N) is 3. The fraction of sp³-hybridized carbons (Fsp3) is 0.308. The molecule has 0 bridgehead atoms. The molecule has 0 aliphatic rings. The minimum atomic E-state index is -4.01. The van der Waals surface area contributed by atoms with Gasteiger partial charge in [0.05, 0.1) is 17.7 Å². The van der Waals surface area contributed by atoms with Crippen molar-refractivity contribution in [2.45, 2.75) is 18.4 Å². The molecule has 1 aromatic heterocycles. The van der Waals surface area contributed by atoms with Crippen molar-refractivity contribution in [3.05, 3.63) is 40.6 Å². The van der Waals surface area contributed by atoms with E-state index < -0.39 is 16.0 Å². The summed E-state index contributed by atoms with van der Waals surface area (Å²) < 4.78 is 35.3. The Morgan fingerprint density at radius 1 is 1.38 bits per heavy atom. The van der Waals surface area contributed by atoms with Crippen LogP contribution in [0.5, 0.6) is 0 Å². The number of carbonyl (C=O) groups is 1. The first-order chi connectivity index (χ1) is 11.3. The average Bonchev–Trinajstić information content (AvgIpc) is 2.97. The van der Waals surface area contributed by atoms with Crippen molar-refractivity contribution in [3.8, 4) is 0 Å². The van der Waals surface area contributed by atoms with E-state index in [9.17, 15) is 13.2 Å². The van der Waals surface area contributed by atoms with E-state index in [-0.39, 0.29) is 28.0 Å². The normalized spacial score (nSPS) is 11.7. The minimum Gasteiger partial charge on any atom is -0.452 e. The van der Waals surface area contributed by atoms with Crippen LogP contribution in [0.15, 0.2) is 27.5 Å². The molecule has 0 saturated carbocycles. The van der Waals surface area contributed by atoms with E-state index in [1.807, 2.05) is 0 Å². The van der Waals surface area contributed by atoms with Crippen molar-refractivity contribution in [3.63, 3.8) is 0 Å².